The van der Waals surface area contributed by atoms with Crippen molar-refractivity contribution in [1.82, 2.24) is 0 Å². The smallest absolute Gasteiger partial charge is 0.262 e. The molecule has 4 nitrogen and oxygen atoms in total. The molecule has 0 atom stereocenters. The maximum atomic E-state index is 12.3. The van der Waals surface area contributed by atoms with Gasteiger partial charge in [0.1, 0.15) is 0 Å². The molecule has 2 rings (SSSR count). The average molecular weight is 276 g/mol. The Morgan fingerprint density at radius 1 is 1.00 bits per heavy atom. The Balaban J connectivity index is 2.35. The number of anilines is 2. The summed E-state index contributed by atoms with van der Waals surface area (Å²) in [5.41, 5.74) is 8.42. The summed E-state index contributed by atoms with van der Waals surface area (Å²) < 4.78 is 27.1. The van der Waals surface area contributed by atoms with E-state index in [2.05, 4.69) is 4.72 Å². The minimum Gasteiger partial charge on any atom is -0.399 e. The molecule has 0 amide bonds. The van der Waals surface area contributed by atoms with Crippen molar-refractivity contribution in [2.75, 3.05) is 10.5 Å². The van der Waals surface area contributed by atoms with Crippen LogP contribution in [0, 0.1) is 13.8 Å². The van der Waals surface area contributed by atoms with Crippen LogP contribution in [0.3, 0.4) is 0 Å². The SMILES string of the molecule is Cc1ccc(NS(=O)(=O)c2ccc(N)cc2C)cc1. The Morgan fingerprint density at radius 2 is 1.63 bits per heavy atom. The molecule has 5 heteroatoms. The number of nitrogens with two attached hydrogens (primary N) is 1. The number of rotatable bonds is 3. The summed E-state index contributed by atoms with van der Waals surface area (Å²) >= 11 is 0. The van der Waals surface area contributed by atoms with Crippen molar-refractivity contribution in [1.29, 1.82) is 0 Å². The second kappa shape index (κ2) is 4.93. The largest absolute Gasteiger partial charge is 0.399 e. The van der Waals surface area contributed by atoms with E-state index in [1.165, 1.54) is 6.07 Å². The van der Waals surface area contributed by atoms with E-state index in [0.29, 0.717) is 16.9 Å². The summed E-state index contributed by atoms with van der Waals surface area (Å²) in [6.07, 6.45) is 0. The Kier molecular flexibility index (Phi) is 3.48. The third kappa shape index (κ3) is 3.06. The van der Waals surface area contributed by atoms with Gasteiger partial charge in [0.15, 0.2) is 0 Å². The van der Waals surface area contributed by atoms with Gasteiger partial charge in [-0.3, -0.25) is 4.72 Å². The molecule has 0 aliphatic rings. The highest BCUT2D eigenvalue weighted by molar-refractivity contribution is 7.92. The summed E-state index contributed by atoms with van der Waals surface area (Å²) in [5.74, 6) is 0. The minimum absolute atomic E-state index is 0.238. The topological polar surface area (TPSA) is 72.2 Å². The first-order chi connectivity index (χ1) is 8.88. The molecule has 0 bridgehead atoms. The Morgan fingerprint density at radius 3 is 2.21 bits per heavy atom. The van der Waals surface area contributed by atoms with E-state index in [4.69, 9.17) is 5.73 Å². The highest BCUT2D eigenvalue weighted by Crippen LogP contribution is 2.21. The van der Waals surface area contributed by atoms with Gasteiger partial charge >= 0.3 is 0 Å². The molecule has 0 aliphatic carbocycles. The van der Waals surface area contributed by atoms with E-state index in [1.807, 2.05) is 19.1 Å². The second-order valence-electron chi connectivity index (χ2n) is 4.50. The van der Waals surface area contributed by atoms with Gasteiger partial charge in [-0.15, -0.1) is 0 Å². The maximum absolute atomic E-state index is 12.3. The second-order valence-corrected chi connectivity index (χ2v) is 6.15. The lowest BCUT2D eigenvalue weighted by molar-refractivity contribution is 0.600. The summed E-state index contributed by atoms with van der Waals surface area (Å²) in [7, 11) is -3.58. The van der Waals surface area contributed by atoms with E-state index in [-0.39, 0.29) is 4.90 Å². The fourth-order valence-corrected chi connectivity index (χ4v) is 3.09. The van der Waals surface area contributed by atoms with Crippen LogP contribution < -0.4 is 10.5 Å². The van der Waals surface area contributed by atoms with Crippen LogP contribution in [0.1, 0.15) is 11.1 Å². The first-order valence-electron chi connectivity index (χ1n) is 5.84. The van der Waals surface area contributed by atoms with E-state index >= 15 is 0 Å². The minimum atomic E-state index is -3.58. The lowest BCUT2D eigenvalue weighted by atomic mass is 10.2. The molecule has 0 unspecified atom stereocenters. The maximum Gasteiger partial charge on any atom is 0.262 e. The fourth-order valence-electron chi connectivity index (χ4n) is 1.81. The van der Waals surface area contributed by atoms with Gasteiger partial charge in [0.25, 0.3) is 10.0 Å². The van der Waals surface area contributed by atoms with E-state index < -0.39 is 10.0 Å². The molecule has 0 radical (unpaired) electrons. The Bertz CT molecular complexity index is 692. The van der Waals surface area contributed by atoms with Crippen molar-refractivity contribution in [2.24, 2.45) is 0 Å². The molecular formula is C14H16N2O2S. The van der Waals surface area contributed by atoms with Gasteiger partial charge in [0, 0.05) is 11.4 Å². The van der Waals surface area contributed by atoms with Gasteiger partial charge in [0.05, 0.1) is 4.90 Å². The van der Waals surface area contributed by atoms with E-state index in [1.54, 1.807) is 31.2 Å². The molecule has 0 aliphatic heterocycles. The lowest BCUT2D eigenvalue weighted by Gasteiger charge is -2.11. The van der Waals surface area contributed by atoms with E-state index in [9.17, 15) is 8.42 Å². The molecule has 0 spiro atoms. The zero-order chi connectivity index (χ0) is 14.0. The van der Waals surface area contributed by atoms with Crippen molar-refractivity contribution in [3.8, 4) is 0 Å². The van der Waals surface area contributed by atoms with Gasteiger partial charge in [-0.05, 0) is 49.7 Å². The van der Waals surface area contributed by atoms with Crippen LogP contribution in [-0.4, -0.2) is 8.42 Å². The fraction of sp³-hybridized carbons (Fsp3) is 0.143. The molecule has 2 aromatic rings. The quantitative estimate of drug-likeness (QED) is 0.847. The summed E-state index contributed by atoms with van der Waals surface area (Å²) in [5, 5.41) is 0. The molecule has 0 fully saturated rings. The molecule has 0 saturated heterocycles. The number of hydrogen-bond acceptors (Lipinski definition) is 3. The lowest BCUT2D eigenvalue weighted by Crippen LogP contribution is -2.14. The van der Waals surface area contributed by atoms with Crippen LogP contribution in [0.25, 0.3) is 0 Å². The van der Waals surface area contributed by atoms with Crippen molar-refractivity contribution < 1.29 is 8.42 Å². The molecular weight excluding hydrogens is 260 g/mol. The molecule has 2 aromatic carbocycles. The predicted molar refractivity (Wildman–Crippen MR) is 77.6 cm³/mol. The van der Waals surface area contributed by atoms with Crippen LogP contribution in [-0.2, 0) is 10.0 Å². The summed E-state index contributed by atoms with van der Waals surface area (Å²) in [6, 6.07) is 11.9. The molecule has 0 saturated carbocycles. The highest BCUT2D eigenvalue weighted by Gasteiger charge is 2.16. The molecule has 0 heterocycles. The molecule has 0 aromatic heterocycles. The summed E-state index contributed by atoms with van der Waals surface area (Å²) in [4.78, 5) is 0.238. The van der Waals surface area contributed by atoms with Crippen molar-refractivity contribution in [2.45, 2.75) is 18.7 Å². The molecule has 19 heavy (non-hydrogen) atoms. The molecule has 3 N–H and O–H groups in total. The van der Waals surface area contributed by atoms with Gasteiger partial charge < -0.3 is 5.73 Å². The van der Waals surface area contributed by atoms with Gasteiger partial charge in [-0.25, -0.2) is 8.42 Å². The zero-order valence-electron chi connectivity index (χ0n) is 10.8. The van der Waals surface area contributed by atoms with Crippen LogP contribution >= 0.6 is 0 Å². The number of aryl methyl sites for hydroxylation is 2. The number of benzene rings is 2. The number of nitrogen functional groups attached to an aromatic ring is 1. The number of hydrogen-bond donors (Lipinski definition) is 2. The Hall–Kier alpha value is -2.01. The normalized spacial score (nSPS) is 11.3. The van der Waals surface area contributed by atoms with Crippen LogP contribution in [0.5, 0.6) is 0 Å². The highest BCUT2D eigenvalue weighted by atomic mass is 32.2. The number of nitrogens with one attached hydrogen (secondary N) is 1. The van der Waals surface area contributed by atoms with E-state index in [0.717, 1.165) is 5.56 Å². The first kappa shape index (κ1) is 13.4. The van der Waals surface area contributed by atoms with Crippen LogP contribution in [0.2, 0.25) is 0 Å². The van der Waals surface area contributed by atoms with Crippen molar-refractivity contribution >= 4 is 21.4 Å². The third-order valence-corrected chi connectivity index (χ3v) is 4.33. The van der Waals surface area contributed by atoms with Gasteiger partial charge in [-0.1, -0.05) is 17.7 Å². The summed E-state index contributed by atoms with van der Waals surface area (Å²) in [6.45, 7) is 3.67. The first-order valence-corrected chi connectivity index (χ1v) is 7.32. The molecule has 100 valence electrons. The van der Waals surface area contributed by atoms with Gasteiger partial charge in [-0.2, -0.15) is 0 Å². The monoisotopic (exact) mass is 276 g/mol. The van der Waals surface area contributed by atoms with Crippen molar-refractivity contribution in [3.63, 3.8) is 0 Å². The Labute approximate surface area is 113 Å². The predicted octanol–water partition coefficient (Wildman–Crippen LogP) is 2.69. The van der Waals surface area contributed by atoms with Crippen LogP contribution in [0.4, 0.5) is 11.4 Å². The average Bonchev–Trinajstić information content (AvgIpc) is 2.31. The zero-order valence-corrected chi connectivity index (χ0v) is 11.7. The van der Waals surface area contributed by atoms with Gasteiger partial charge in [0.2, 0.25) is 0 Å². The third-order valence-electron chi connectivity index (χ3n) is 2.79. The standard InChI is InChI=1S/C14H16N2O2S/c1-10-3-6-13(7-4-10)16-19(17,18)14-8-5-12(15)9-11(14)2/h3-9,16H,15H2,1-2H3. The van der Waals surface area contributed by atoms with Crippen LogP contribution in [0.15, 0.2) is 47.4 Å². The van der Waals surface area contributed by atoms with Crippen molar-refractivity contribution in [3.05, 3.63) is 53.6 Å². The number of sulfonamides is 1.